The minimum absolute atomic E-state index is 0.768. The second-order valence-electron chi connectivity index (χ2n) is 6.06. The van der Waals surface area contributed by atoms with Gasteiger partial charge in [-0.3, -0.25) is 4.90 Å². The maximum absolute atomic E-state index is 4.89. The van der Waals surface area contributed by atoms with Crippen LogP contribution in [0.15, 0.2) is 10.2 Å². The van der Waals surface area contributed by atoms with E-state index in [4.69, 9.17) is 9.97 Å². The van der Waals surface area contributed by atoms with E-state index in [1.54, 1.807) is 23.1 Å². The van der Waals surface area contributed by atoms with E-state index in [-0.39, 0.29) is 0 Å². The Morgan fingerprint density at radius 3 is 2.40 bits per heavy atom. The highest BCUT2D eigenvalue weighted by Gasteiger charge is 2.18. The lowest BCUT2D eigenvalue weighted by molar-refractivity contribution is 0.288. The van der Waals surface area contributed by atoms with Crippen LogP contribution in [0.5, 0.6) is 0 Å². The Morgan fingerprint density at radius 1 is 1.08 bits per heavy atom. The van der Waals surface area contributed by atoms with Crippen LogP contribution in [0.3, 0.4) is 0 Å². The molecule has 0 saturated carbocycles. The molecule has 0 aromatic carbocycles. The molecule has 0 radical (unpaired) electrons. The van der Waals surface area contributed by atoms with Crippen molar-refractivity contribution in [2.24, 2.45) is 7.05 Å². The van der Waals surface area contributed by atoms with Gasteiger partial charge in [0.1, 0.15) is 21.5 Å². The molecule has 3 aromatic heterocycles. The van der Waals surface area contributed by atoms with Gasteiger partial charge in [-0.25, -0.2) is 9.97 Å². The minimum atomic E-state index is 0.768. The maximum Gasteiger partial charge on any atom is 0.197 e. The maximum atomic E-state index is 4.89. The lowest BCUT2D eigenvalue weighted by Gasteiger charge is -2.17. The van der Waals surface area contributed by atoms with E-state index < -0.39 is 0 Å². The lowest BCUT2D eigenvalue weighted by Crippen LogP contribution is -2.23. The standard InChI is InChI=1S/C17H24N6S2/c1-7-23(8-2)9-13-18-15-14(10(3)11(4)24-15)16(19-13)25-17-21-20-12(5)22(17)6/h7-9H2,1-6H3. The molecule has 0 fully saturated rings. The van der Waals surface area contributed by atoms with Crippen molar-refractivity contribution in [3.8, 4) is 0 Å². The van der Waals surface area contributed by atoms with E-state index in [1.807, 2.05) is 18.5 Å². The zero-order valence-electron chi connectivity index (χ0n) is 15.6. The van der Waals surface area contributed by atoms with Crippen LogP contribution in [0.2, 0.25) is 0 Å². The third-order valence-electron chi connectivity index (χ3n) is 4.54. The Morgan fingerprint density at radius 2 is 1.80 bits per heavy atom. The van der Waals surface area contributed by atoms with Gasteiger partial charge in [-0.1, -0.05) is 13.8 Å². The first-order valence-electron chi connectivity index (χ1n) is 8.47. The van der Waals surface area contributed by atoms with E-state index in [2.05, 4.69) is 42.8 Å². The van der Waals surface area contributed by atoms with Crippen LogP contribution in [-0.2, 0) is 13.6 Å². The minimum Gasteiger partial charge on any atom is -0.309 e. The van der Waals surface area contributed by atoms with Crippen LogP contribution in [0.25, 0.3) is 10.2 Å². The van der Waals surface area contributed by atoms with Gasteiger partial charge in [0.25, 0.3) is 0 Å². The molecule has 0 bridgehead atoms. The topological polar surface area (TPSA) is 59.7 Å². The Bertz CT molecular complexity index is 894. The summed E-state index contributed by atoms with van der Waals surface area (Å²) < 4.78 is 2.00. The van der Waals surface area contributed by atoms with Gasteiger partial charge in [-0.05, 0) is 51.2 Å². The van der Waals surface area contributed by atoms with Gasteiger partial charge in [-0.15, -0.1) is 21.5 Å². The monoisotopic (exact) mass is 376 g/mol. The predicted molar refractivity (Wildman–Crippen MR) is 103 cm³/mol. The Balaban J connectivity index is 2.08. The molecule has 3 aromatic rings. The molecule has 0 aliphatic carbocycles. The fourth-order valence-electron chi connectivity index (χ4n) is 2.61. The summed E-state index contributed by atoms with van der Waals surface area (Å²) in [5, 5.41) is 11.4. The fraction of sp³-hybridized carbons (Fsp3) is 0.529. The molecular formula is C17H24N6S2. The Labute approximate surface area is 156 Å². The summed E-state index contributed by atoms with van der Waals surface area (Å²) in [5.41, 5.74) is 1.26. The average Bonchev–Trinajstić information content (AvgIpc) is 3.06. The first kappa shape index (κ1) is 18.3. The van der Waals surface area contributed by atoms with Crippen molar-refractivity contribution in [3.63, 3.8) is 0 Å². The summed E-state index contributed by atoms with van der Waals surface area (Å²) in [6, 6.07) is 0. The van der Waals surface area contributed by atoms with Crippen LogP contribution >= 0.6 is 23.1 Å². The van der Waals surface area contributed by atoms with E-state index >= 15 is 0 Å². The second kappa shape index (κ2) is 7.39. The smallest absolute Gasteiger partial charge is 0.197 e. The number of hydrogen-bond donors (Lipinski definition) is 0. The number of nitrogens with zero attached hydrogens (tertiary/aromatic N) is 6. The molecule has 0 aliphatic rings. The molecular weight excluding hydrogens is 352 g/mol. The lowest BCUT2D eigenvalue weighted by atomic mass is 10.2. The molecule has 0 aliphatic heterocycles. The summed E-state index contributed by atoms with van der Waals surface area (Å²) in [7, 11) is 1.98. The molecule has 134 valence electrons. The van der Waals surface area contributed by atoms with Crippen molar-refractivity contribution in [2.75, 3.05) is 13.1 Å². The average molecular weight is 377 g/mol. The summed E-state index contributed by atoms with van der Waals surface area (Å²) in [6.45, 7) is 13.3. The van der Waals surface area contributed by atoms with Gasteiger partial charge >= 0.3 is 0 Å². The van der Waals surface area contributed by atoms with Gasteiger partial charge in [0.15, 0.2) is 5.16 Å². The van der Waals surface area contributed by atoms with Gasteiger partial charge in [0, 0.05) is 17.3 Å². The third-order valence-corrected chi connectivity index (χ3v) is 6.67. The highest BCUT2D eigenvalue weighted by atomic mass is 32.2. The van der Waals surface area contributed by atoms with E-state index in [1.165, 1.54) is 10.4 Å². The predicted octanol–water partition coefficient (Wildman–Crippen LogP) is 3.74. The van der Waals surface area contributed by atoms with Crippen LogP contribution in [0.1, 0.15) is 35.9 Å². The molecule has 0 atom stereocenters. The van der Waals surface area contributed by atoms with Crippen molar-refractivity contribution < 1.29 is 0 Å². The number of thiophene rings is 1. The number of aryl methyl sites for hydroxylation is 3. The van der Waals surface area contributed by atoms with Crippen LogP contribution in [0.4, 0.5) is 0 Å². The van der Waals surface area contributed by atoms with Crippen molar-refractivity contribution in [3.05, 3.63) is 22.1 Å². The summed E-state index contributed by atoms with van der Waals surface area (Å²) in [6.07, 6.45) is 0. The van der Waals surface area contributed by atoms with Crippen molar-refractivity contribution >= 4 is 33.3 Å². The van der Waals surface area contributed by atoms with Gasteiger partial charge in [0.2, 0.25) is 0 Å². The van der Waals surface area contributed by atoms with Crippen molar-refractivity contribution in [2.45, 2.75) is 51.3 Å². The summed E-state index contributed by atoms with van der Waals surface area (Å²) in [4.78, 5) is 14.4. The van der Waals surface area contributed by atoms with Gasteiger partial charge in [0.05, 0.1) is 6.54 Å². The molecule has 25 heavy (non-hydrogen) atoms. The second-order valence-corrected chi connectivity index (χ2v) is 8.22. The molecule has 0 unspecified atom stereocenters. The van der Waals surface area contributed by atoms with Crippen LogP contribution < -0.4 is 0 Å². The first-order chi connectivity index (χ1) is 11.9. The molecule has 0 amide bonds. The van der Waals surface area contributed by atoms with E-state index in [0.29, 0.717) is 0 Å². The molecule has 3 rings (SSSR count). The zero-order chi connectivity index (χ0) is 18.1. The highest BCUT2D eigenvalue weighted by Crippen LogP contribution is 2.37. The molecule has 8 heteroatoms. The number of hydrogen-bond acceptors (Lipinski definition) is 7. The zero-order valence-corrected chi connectivity index (χ0v) is 17.3. The number of aromatic nitrogens is 5. The molecule has 6 nitrogen and oxygen atoms in total. The van der Waals surface area contributed by atoms with Crippen LogP contribution in [0, 0.1) is 20.8 Å². The quantitative estimate of drug-likeness (QED) is 0.611. The Kier molecular flexibility index (Phi) is 5.41. The third kappa shape index (κ3) is 3.56. The molecule has 0 spiro atoms. The van der Waals surface area contributed by atoms with Crippen molar-refractivity contribution in [1.82, 2.24) is 29.6 Å². The van der Waals surface area contributed by atoms with E-state index in [9.17, 15) is 0 Å². The largest absolute Gasteiger partial charge is 0.309 e. The Hall–Kier alpha value is -1.51. The molecule has 0 N–H and O–H groups in total. The van der Waals surface area contributed by atoms with E-state index in [0.717, 1.165) is 51.7 Å². The fourth-order valence-corrected chi connectivity index (χ4v) is 4.75. The normalized spacial score (nSPS) is 11.8. The van der Waals surface area contributed by atoms with Gasteiger partial charge in [-0.2, -0.15) is 0 Å². The summed E-state index contributed by atoms with van der Waals surface area (Å²) >= 11 is 3.32. The number of rotatable bonds is 6. The molecule has 0 saturated heterocycles. The van der Waals surface area contributed by atoms with Crippen LogP contribution in [-0.4, -0.2) is 42.7 Å². The first-order valence-corrected chi connectivity index (χ1v) is 10.1. The number of fused-ring (bicyclic) bond motifs is 1. The molecule has 3 heterocycles. The SMILES string of the molecule is CCN(CC)Cc1nc(Sc2nnc(C)n2C)c2c(C)c(C)sc2n1. The van der Waals surface area contributed by atoms with Crippen molar-refractivity contribution in [1.29, 1.82) is 0 Å². The van der Waals surface area contributed by atoms with Gasteiger partial charge < -0.3 is 4.57 Å². The highest BCUT2D eigenvalue weighted by molar-refractivity contribution is 7.99. The summed E-state index contributed by atoms with van der Waals surface area (Å²) in [5.74, 6) is 1.77.